The number of rotatable bonds is 7. The van der Waals surface area contributed by atoms with Gasteiger partial charge < -0.3 is 35.1 Å². The summed E-state index contributed by atoms with van der Waals surface area (Å²) in [5.74, 6) is -0.409. The van der Waals surface area contributed by atoms with E-state index in [1.165, 1.54) is 0 Å². The van der Waals surface area contributed by atoms with E-state index >= 15 is 0 Å². The highest BCUT2D eigenvalue weighted by atomic mass is 16.5. The predicted octanol–water partition coefficient (Wildman–Crippen LogP) is 1.90. The number of ether oxygens (including phenoxy) is 3. The average Bonchev–Trinajstić information content (AvgIpc) is 3.44. The van der Waals surface area contributed by atoms with Crippen molar-refractivity contribution in [3.8, 4) is 17.2 Å². The Kier molecular flexibility index (Phi) is 10.0. The Morgan fingerprint density at radius 2 is 1.88 bits per heavy atom. The van der Waals surface area contributed by atoms with E-state index in [2.05, 4.69) is 16.0 Å². The van der Waals surface area contributed by atoms with E-state index in [1.54, 1.807) is 60.5 Å². The van der Waals surface area contributed by atoms with Gasteiger partial charge >= 0.3 is 0 Å². The number of nitrogens with zero attached hydrogens (tertiary/aromatic N) is 1. The van der Waals surface area contributed by atoms with E-state index in [1.807, 2.05) is 13.8 Å². The molecule has 11 nitrogen and oxygen atoms in total. The van der Waals surface area contributed by atoms with Gasteiger partial charge in [0.1, 0.15) is 42.5 Å². The number of amides is 4. The molecule has 1 saturated heterocycles. The van der Waals surface area contributed by atoms with Crippen molar-refractivity contribution in [2.45, 2.75) is 51.2 Å². The summed E-state index contributed by atoms with van der Waals surface area (Å²) in [5.41, 5.74) is 0.236. The van der Waals surface area contributed by atoms with Crippen LogP contribution in [0.3, 0.4) is 0 Å². The molecule has 0 aliphatic carbocycles. The van der Waals surface area contributed by atoms with Crippen molar-refractivity contribution >= 4 is 23.6 Å². The second-order valence-corrected chi connectivity index (χ2v) is 10.5. The lowest BCUT2D eigenvalue weighted by Crippen LogP contribution is -2.55. The summed E-state index contributed by atoms with van der Waals surface area (Å²) >= 11 is 0. The van der Waals surface area contributed by atoms with Crippen LogP contribution in [0.25, 0.3) is 0 Å². The normalized spacial score (nSPS) is 21.5. The van der Waals surface area contributed by atoms with Gasteiger partial charge in [-0.1, -0.05) is 32.0 Å². The van der Waals surface area contributed by atoms with Gasteiger partial charge in [0.2, 0.25) is 17.7 Å². The van der Waals surface area contributed by atoms with Crippen LogP contribution >= 0.6 is 0 Å². The van der Waals surface area contributed by atoms with E-state index in [0.29, 0.717) is 23.8 Å². The van der Waals surface area contributed by atoms with Crippen LogP contribution in [0.4, 0.5) is 0 Å². The molecule has 4 rings (SSSR count). The van der Waals surface area contributed by atoms with Crippen LogP contribution in [0, 0.1) is 5.92 Å². The van der Waals surface area contributed by atoms with Gasteiger partial charge in [0, 0.05) is 12.6 Å². The average molecular weight is 567 g/mol. The highest BCUT2D eigenvalue weighted by molar-refractivity contribution is 6.01. The molecule has 2 aromatic rings. The van der Waals surface area contributed by atoms with Gasteiger partial charge in [0.05, 0.1) is 31.7 Å². The molecule has 11 heteroatoms. The number of methoxy groups -OCH3 is 1. The minimum atomic E-state index is -1.20. The minimum Gasteiger partial charge on any atom is -0.497 e. The molecule has 2 aliphatic rings. The molecule has 0 aromatic heterocycles. The quantitative estimate of drug-likeness (QED) is 0.436. The fourth-order valence-electron chi connectivity index (χ4n) is 4.98. The fraction of sp³-hybridized carbons (Fsp3) is 0.467. The van der Waals surface area contributed by atoms with Crippen molar-refractivity contribution in [3.05, 3.63) is 54.1 Å². The molecule has 0 saturated carbocycles. The van der Waals surface area contributed by atoms with Crippen LogP contribution in [0.5, 0.6) is 17.2 Å². The molecule has 2 aromatic carbocycles. The Labute approximate surface area is 239 Å². The third-order valence-electron chi connectivity index (χ3n) is 7.19. The van der Waals surface area contributed by atoms with Gasteiger partial charge in [-0.25, -0.2) is 0 Å². The number of benzene rings is 2. The monoisotopic (exact) mass is 566 g/mol. The van der Waals surface area contributed by atoms with Gasteiger partial charge in [-0.2, -0.15) is 0 Å². The molecule has 2 heterocycles. The summed E-state index contributed by atoms with van der Waals surface area (Å²) in [5, 5.41) is 8.23. The lowest BCUT2D eigenvalue weighted by Gasteiger charge is -2.32. The standard InChI is InChI=1S/C30H38N4O7/c1-19(2)27-30(38)34-14-7-8-20(34)18-41-25-12-5-4-11-23(25)28(36)32-24(17-26(35)33-27)29(37)31-13-15-40-22-10-6-9-21(16-22)39-3/h4-6,9-12,16,19-20,24,27H,7-8,13-15,17-18H2,1-3H3,(H,31,37)(H,32,36)(H,33,35)/t20-,24-,27+/m0/s1. The number of hydrogen-bond donors (Lipinski definition) is 3. The number of fused-ring (bicyclic) bond motifs is 2. The molecular weight excluding hydrogens is 528 g/mol. The SMILES string of the molecule is COc1cccc(OCCNC(=O)[C@@H]2CC(=O)N[C@H](C(C)C)C(=O)N3CCC[C@H]3COc3ccccc3C(=O)N2)c1. The Hall–Kier alpha value is -4.28. The molecule has 0 unspecified atom stereocenters. The van der Waals surface area contributed by atoms with Crippen LogP contribution in [0.2, 0.25) is 0 Å². The Morgan fingerprint density at radius 1 is 1.10 bits per heavy atom. The number of para-hydroxylation sites is 1. The Morgan fingerprint density at radius 3 is 2.66 bits per heavy atom. The molecule has 2 aliphatic heterocycles. The zero-order valence-electron chi connectivity index (χ0n) is 23.7. The third kappa shape index (κ3) is 7.68. The molecule has 0 spiro atoms. The number of nitrogens with one attached hydrogen (secondary N) is 3. The lowest BCUT2D eigenvalue weighted by atomic mass is 10.0. The van der Waals surface area contributed by atoms with Crippen molar-refractivity contribution in [2.24, 2.45) is 5.92 Å². The third-order valence-corrected chi connectivity index (χ3v) is 7.19. The second-order valence-electron chi connectivity index (χ2n) is 10.5. The zero-order chi connectivity index (χ0) is 29.4. The van der Waals surface area contributed by atoms with E-state index in [9.17, 15) is 19.2 Å². The maximum Gasteiger partial charge on any atom is 0.255 e. The maximum atomic E-state index is 13.5. The summed E-state index contributed by atoms with van der Waals surface area (Å²) in [7, 11) is 1.56. The van der Waals surface area contributed by atoms with E-state index in [0.717, 1.165) is 12.8 Å². The summed E-state index contributed by atoms with van der Waals surface area (Å²) in [6, 6.07) is 11.7. The summed E-state index contributed by atoms with van der Waals surface area (Å²) < 4.78 is 16.9. The van der Waals surface area contributed by atoms with Gasteiger partial charge in [0.25, 0.3) is 5.91 Å². The molecule has 0 radical (unpaired) electrons. The van der Waals surface area contributed by atoms with Gasteiger partial charge in [-0.3, -0.25) is 19.2 Å². The van der Waals surface area contributed by atoms with Crippen LogP contribution in [0.15, 0.2) is 48.5 Å². The van der Waals surface area contributed by atoms with Crippen molar-refractivity contribution in [2.75, 3.05) is 33.4 Å². The van der Waals surface area contributed by atoms with E-state index in [-0.39, 0.29) is 49.6 Å². The van der Waals surface area contributed by atoms with Crippen molar-refractivity contribution in [1.29, 1.82) is 0 Å². The number of carbonyl (C=O) groups excluding carboxylic acids is 4. The summed E-state index contributed by atoms with van der Waals surface area (Å²) in [4.78, 5) is 55.0. The Balaban J connectivity index is 1.50. The molecule has 220 valence electrons. The van der Waals surface area contributed by atoms with Crippen LogP contribution in [-0.4, -0.2) is 80.1 Å². The van der Waals surface area contributed by atoms with Crippen LogP contribution < -0.4 is 30.2 Å². The molecule has 4 amide bonds. The van der Waals surface area contributed by atoms with E-state index in [4.69, 9.17) is 14.2 Å². The molecule has 1 fully saturated rings. The van der Waals surface area contributed by atoms with Crippen molar-refractivity contribution < 1.29 is 33.4 Å². The van der Waals surface area contributed by atoms with E-state index < -0.39 is 29.8 Å². The molecule has 41 heavy (non-hydrogen) atoms. The topological polar surface area (TPSA) is 135 Å². The second kappa shape index (κ2) is 13.9. The zero-order valence-corrected chi connectivity index (χ0v) is 23.7. The minimum absolute atomic E-state index is 0.132. The van der Waals surface area contributed by atoms with Crippen molar-refractivity contribution in [1.82, 2.24) is 20.9 Å². The first kappa shape index (κ1) is 29.7. The first-order chi connectivity index (χ1) is 19.8. The fourth-order valence-corrected chi connectivity index (χ4v) is 4.98. The first-order valence-electron chi connectivity index (χ1n) is 13.9. The number of hydrogen-bond acceptors (Lipinski definition) is 7. The van der Waals surface area contributed by atoms with Gasteiger partial charge in [0.15, 0.2) is 0 Å². The molecule has 3 N–H and O–H groups in total. The highest BCUT2D eigenvalue weighted by Gasteiger charge is 2.37. The predicted molar refractivity (Wildman–Crippen MR) is 151 cm³/mol. The molecule has 0 bridgehead atoms. The first-order valence-corrected chi connectivity index (χ1v) is 13.9. The summed E-state index contributed by atoms with van der Waals surface area (Å²) in [6.45, 7) is 4.79. The van der Waals surface area contributed by atoms with Crippen molar-refractivity contribution in [3.63, 3.8) is 0 Å². The number of carbonyl (C=O) groups is 4. The van der Waals surface area contributed by atoms with Gasteiger partial charge in [-0.15, -0.1) is 0 Å². The Bertz CT molecular complexity index is 1250. The van der Waals surface area contributed by atoms with Crippen LogP contribution in [0.1, 0.15) is 43.5 Å². The lowest BCUT2D eigenvalue weighted by molar-refractivity contribution is -0.139. The smallest absolute Gasteiger partial charge is 0.255 e. The molecule has 3 atom stereocenters. The highest BCUT2D eigenvalue weighted by Crippen LogP contribution is 2.24. The maximum absolute atomic E-state index is 13.5. The van der Waals surface area contributed by atoms with Crippen LogP contribution in [-0.2, 0) is 14.4 Å². The summed E-state index contributed by atoms with van der Waals surface area (Å²) in [6.07, 6.45) is 1.24. The van der Waals surface area contributed by atoms with Gasteiger partial charge in [-0.05, 0) is 43.0 Å². The largest absolute Gasteiger partial charge is 0.497 e. The molecular formula is C30H38N4O7.